The molecule has 0 aliphatic heterocycles. The molecule has 2 rings (SSSR count). The molecule has 4 nitrogen and oxygen atoms in total. The van der Waals surface area contributed by atoms with Gasteiger partial charge in [0.05, 0.1) is 25.3 Å². The second-order valence-corrected chi connectivity index (χ2v) is 4.73. The van der Waals surface area contributed by atoms with Gasteiger partial charge < -0.3 is 9.47 Å². The zero-order valence-corrected chi connectivity index (χ0v) is 12.0. The Kier molecular flexibility index (Phi) is 3.85. The van der Waals surface area contributed by atoms with Crippen LogP contribution in [0.25, 0.3) is 10.8 Å². The van der Waals surface area contributed by atoms with Crippen LogP contribution in [0.2, 0.25) is 0 Å². The molecule has 0 unspecified atom stereocenters. The molecule has 19 heavy (non-hydrogen) atoms. The average Bonchev–Trinajstić information content (AvgIpc) is 2.45. The standard InChI is InChI=1S/C14H11BrO4/c1-18-13(16)9-4-3-8-5-10(14(17)19-2)7-12(15)11(8)6-9/h3-7H,1-2H3. The third kappa shape index (κ3) is 2.61. The smallest absolute Gasteiger partial charge is 0.337 e. The molecule has 0 N–H and O–H groups in total. The second kappa shape index (κ2) is 5.40. The normalized spacial score (nSPS) is 10.3. The zero-order valence-electron chi connectivity index (χ0n) is 10.4. The molecule has 2 aromatic rings. The van der Waals surface area contributed by atoms with Crippen molar-refractivity contribution in [3.05, 3.63) is 45.9 Å². The molecule has 0 aliphatic carbocycles. The summed E-state index contributed by atoms with van der Waals surface area (Å²) in [6.07, 6.45) is 0. The van der Waals surface area contributed by atoms with Gasteiger partial charge in [0.25, 0.3) is 0 Å². The summed E-state index contributed by atoms with van der Waals surface area (Å²) in [4.78, 5) is 23.0. The van der Waals surface area contributed by atoms with Gasteiger partial charge in [-0.05, 0) is 35.0 Å². The van der Waals surface area contributed by atoms with E-state index in [1.165, 1.54) is 14.2 Å². The van der Waals surface area contributed by atoms with E-state index in [2.05, 4.69) is 25.4 Å². The summed E-state index contributed by atoms with van der Waals surface area (Å²) in [7, 11) is 2.67. The maximum atomic E-state index is 11.5. The molecular weight excluding hydrogens is 312 g/mol. The van der Waals surface area contributed by atoms with Crippen LogP contribution < -0.4 is 0 Å². The van der Waals surface area contributed by atoms with Gasteiger partial charge in [0.1, 0.15) is 0 Å². The summed E-state index contributed by atoms with van der Waals surface area (Å²) in [5.74, 6) is -0.800. The maximum Gasteiger partial charge on any atom is 0.337 e. The Morgan fingerprint density at radius 2 is 1.58 bits per heavy atom. The van der Waals surface area contributed by atoms with Crippen LogP contribution in [-0.2, 0) is 9.47 Å². The van der Waals surface area contributed by atoms with Crippen LogP contribution in [0.3, 0.4) is 0 Å². The molecule has 0 saturated heterocycles. The van der Waals surface area contributed by atoms with E-state index in [9.17, 15) is 9.59 Å². The predicted octanol–water partition coefficient (Wildman–Crippen LogP) is 3.18. The summed E-state index contributed by atoms with van der Waals surface area (Å²) in [6, 6.07) is 8.51. The van der Waals surface area contributed by atoms with Gasteiger partial charge in [-0.3, -0.25) is 0 Å². The molecule has 0 fully saturated rings. The number of halogens is 1. The highest BCUT2D eigenvalue weighted by Crippen LogP contribution is 2.27. The number of ether oxygens (including phenoxy) is 2. The summed E-state index contributed by atoms with van der Waals surface area (Å²) in [5, 5.41) is 1.66. The van der Waals surface area contributed by atoms with Crippen molar-refractivity contribution in [2.75, 3.05) is 14.2 Å². The van der Waals surface area contributed by atoms with E-state index in [4.69, 9.17) is 0 Å². The molecular formula is C14H11BrO4. The zero-order chi connectivity index (χ0) is 14.0. The highest BCUT2D eigenvalue weighted by atomic mass is 79.9. The van der Waals surface area contributed by atoms with Crippen molar-refractivity contribution in [1.29, 1.82) is 0 Å². The van der Waals surface area contributed by atoms with Gasteiger partial charge >= 0.3 is 11.9 Å². The van der Waals surface area contributed by atoms with Crippen LogP contribution in [0.15, 0.2) is 34.8 Å². The van der Waals surface area contributed by atoms with E-state index in [0.29, 0.717) is 11.1 Å². The van der Waals surface area contributed by atoms with Crippen molar-refractivity contribution in [1.82, 2.24) is 0 Å². The van der Waals surface area contributed by atoms with E-state index >= 15 is 0 Å². The summed E-state index contributed by atoms with van der Waals surface area (Å²) < 4.78 is 10.1. The van der Waals surface area contributed by atoms with Crippen LogP contribution in [0.1, 0.15) is 20.7 Å². The van der Waals surface area contributed by atoms with Gasteiger partial charge in [0.2, 0.25) is 0 Å². The molecule has 0 spiro atoms. The minimum Gasteiger partial charge on any atom is -0.465 e. The van der Waals surface area contributed by atoms with Crippen molar-refractivity contribution in [3.63, 3.8) is 0 Å². The number of carbonyl (C=O) groups is 2. The fraction of sp³-hybridized carbons (Fsp3) is 0.143. The molecule has 0 heterocycles. The predicted molar refractivity (Wildman–Crippen MR) is 74.3 cm³/mol. The second-order valence-electron chi connectivity index (χ2n) is 3.88. The molecule has 0 bridgehead atoms. The number of rotatable bonds is 2. The first-order valence-corrected chi connectivity index (χ1v) is 6.26. The molecule has 0 aromatic heterocycles. The molecule has 0 saturated carbocycles. The molecule has 0 aliphatic rings. The number of esters is 2. The molecule has 0 atom stereocenters. The number of benzene rings is 2. The molecule has 0 radical (unpaired) electrons. The fourth-order valence-corrected chi connectivity index (χ4v) is 2.38. The molecule has 98 valence electrons. The number of hydrogen-bond acceptors (Lipinski definition) is 4. The quantitative estimate of drug-likeness (QED) is 0.797. The van der Waals surface area contributed by atoms with E-state index in [-0.39, 0.29) is 0 Å². The Bertz CT molecular complexity index is 664. The van der Waals surface area contributed by atoms with Gasteiger partial charge in [-0.15, -0.1) is 0 Å². The van der Waals surface area contributed by atoms with E-state index in [0.717, 1.165) is 15.2 Å². The van der Waals surface area contributed by atoms with Crippen LogP contribution in [0.4, 0.5) is 0 Å². The highest BCUT2D eigenvalue weighted by molar-refractivity contribution is 9.10. The van der Waals surface area contributed by atoms with Crippen molar-refractivity contribution in [2.24, 2.45) is 0 Å². The lowest BCUT2D eigenvalue weighted by atomic mass is 10.0. The first-order valence-electron chi connectivity index (χ1n) is 5.46. The van der Waals surface area contributed by atoms with Gasteiger partial charge in [-0.2, -0.15) is 0 Å². The largest absolute Gasteiger partial charge is 0.465 e. The topological polar surface area (TPSA) is 52.6 Å². The van der Waals surface area contributed by atoms with E-state index in [1.54, 1.807) is 30.3 Å². The Morgan fingerprint density at radius 3 is 2.21 bits per heavy atom. The Morgan fingerprint density at radius 1 is 0.947 bits per heavy atom. The Labute approximate surface area is 118 Å². The maximum absolute atomic E-state index is 11.5. The fourth-order valence-electron chi connectivity index (χ4n) is 1.79. The minimum absolute atomic E-state index is 0.397. The molecule has 5 heteroatoms. The van der Waals surface area contributed by atoms with Gasteiger partial charge in [-0.25, -0.2) is 9.59 Å². The third-order valence-electron chi connectivity index (χ3n) is 2.75. The monoisotopic (exact) mass is 322 g/mol. The minimum atomic E-state index is -0.403. The van der Waals surface area contributed by atoms with Crippen LogP contribution in [-0.4, -0.2) is 26.2 Å². The van der Waals surface area contributed by atoms with Crippen LogP contribution in [0.5, 0.6) is 0 Å². The first-order chi connectivity index (χ1) is 9.06. The van der Waals surface area contributed by atoms with Crippen molar-refractivity contribution in [3.8, 4) is 0 Å². The SMILES string of the molecule is COC(=O)c1cc(Br)c2cc(C(=O)OC)ccc2c1. The van der Waals surface area contributed by atoms with Crippen molar-refractivity contribution >= 4 is 38.6 Å². The van der Waals surface area contributed by atoms with Crippen LogP contribution in [0, 0.1) is 0 Å². The van der Waals surface area contributed by atoms with Crippen molar-refractivity contribution < 1.29 is 19.1 Å². The number of carbonyl (C=O) groups excluding carboxylic acids is 2. The lowest BCUT2D eigenvalue weighted by Crippen LogP contribution is -2.02. The van der Waals surface area contributed by atoms with E-state index < -0.39 is 11.9 Å². The summed E-state index contributed by atoms with van der Waals surface area (Å²) >= 11 is 3.39. The van der Waals surface area contributed by atoms with Crippen LogP contribution >= 0.6 is 15.9 Å². The summed E-state index contributed by atoms with van der Waals surface area (Å²) in [6.45, 7) is 0. The van der Waals surface area contributed by atoms with Gasteiger partial charge in [-0.1, -0.05) is 22.0 Å². The molecule has 2 aromatic carbocycles. The number of hydrogen-bond donors (Lipinski definition) is 0. The van der Waals surface area contributed by atoms with E-state index in [1.807, 2.05) is 0 Å². The molecule has 0 amide bonds. The third-order valence-corrected chi connectivity index (χ3v) is 3.40. The average molecular weight is 323 g/mol. The van der Waals surface area contributed by atoms with Crippen molar-refractivity contribution in [2.45, 2.75) is 0 Å². The lowest BCUT2D eigenvalue weighted by Gasteiger charge is -2.06. The number of methoxy groups -OCH3 is 2. The van der Waals surface area contributed by atoms with Gasteiger partial charge in [0.15, 0.2) is 0 Å². The number of fused-ring (bicyclic) bond motifs is 1. The highest BCUT2D eigenvalue weighted by Gasteiger charge is 2.12. The lowest BCUT2D eigenvalue weighted by molar-refractivity contribution is 0.0591. The van der Waals surface area contributed by atoms with Gasteiger partial charge in [0, 0.05) is 4.47 Å². The first kappa shape index (κ1) is 13.5. The Balaban J connectivity index is 2.60. The summed E-state index contributed by atoms with van der Waals surface area (Å²) in [5.41, 5.74) is 0.911. The Hall–Kier alpha value is -1.88.